The van der Waals surface area contributed by atoms with E-state index in [9.17, 15) is 5.11 Å². The minimum absolute atomic E-state index is 0.0660. The van der Waals surface area contributed by atoms with Crippen LogP contribution in [0.3, 0.4) is 0 Å². The molecule has 0 aliphatic carbocycles. The zero-order valence-electron chi connectivity index (χ0n) is 9.24. The summed E-state index contributed by atoms with van der Waals surface area (Å²) < 4.78 is 0. The van der Waals surface area contributed by atoms with Gasteiger partial charge in [0.2, 0.25) is 0 Å². The lowest BCUT2D eigenvalue weighted by Gasteiger charge is -2.41. The fourth-order valence-corrected chi connectivity index (χ4v) is 2.92. The number of nitrogens with zero attached hydrogens (tertiary/aromatic N) is 1. The van der Waals surface area contributed by atoms with E-state index in [-0.39, 0.29) is 6.10 Å². The number of aliphatic hydroxyl groups is 1. The molecule has 0 aromatic rings. The summed E-state index contributed by atoms with van der Waals surface area (Å²) in [6.07, 6.45) is 4.31. The molecule has 0 aromatic heterocycles. The Hall–Kier alpha value is -0.500. The fraction of sp³-hybridized carbons (Fsp3) is 0.833. The van der Waals surface area contributed by atoms with Gasteiger partial charge in [0.1, 0.15) is 0 Å². The van der Waals surface area contributed by atoms with Crippen LogP contribution in [0.1, 0.15) is 39.5 Å². The summed E-state index contributed by atoms with van der Waals surface area (Å²) in [5.74, 6) is 0.536. The molecule has 2 heterocycles. The first kappa shape index (κ1) is 10.0. The number of allylic oxidation sites excluding steroid dienone is 1. The maximum Gasteiger partial charge on any atom is 0.0579 e. The van der Waals surface area contributed by atoms with E-state index in [0.717, 1.165) is 12.8 Å². The Labute approximate surface area is 86.6 Å². The Morgan fingerprint density at radius 3 is 2.21 bits per heavy atom. The highest BCUT2D eigenvalue weighted by atomic mass is 16.3. The van der Waals surface area contributed by atoms with Crippen molar-refractivity contribution in [3.8, 4) is 0 Å². The Kier molecular flexibility index (Phi) is 2.56. The lowest BCUT2D eigenvalue weighted by atomic mass is 9.97. The largest absolute Gasteiger partial charge is 0.393 e. The molecule has 2 saturated heterocycles. The van der Waals surface area contributed by atoms with Crippen molar-refractivity contribution >= 4 is 0 Å². The van der Waals surface area contributed by atoms with Crippen LogP contribution >= 0.6 is 0 Å². The van der Waals surface area contributed by atoms with Crippen LogP contribution in [0, 0.1) is 5.92 Å². The van der Waals surface area contributed by atoms with Crippen molar-refractivity contribution in [2.24, 2.45) is 5.92 Å². The normalized spacial score (nSPS) is 36.6. The van der Waals surface area contributed by atoms with Crippen molar-refractivity contribution < 1.29 is 5.11 Å². The van der Waals surface area contributed by atoms with Crippen LogP contribution in [0.4, 0.5) is 0 Å². The molecule has 2 aliphatic heterocycles. The minimum Gasteiger partial charge on any atom is -0.393 e. The van der Waals surface area contributed by atoms with Crippen LogP contribution in [-0.2, 0) is 0 Å². The highest BCUT2D eigenvalue weighted by Crippen LogP contribution is 2.39. The second-order valence-electron chi connectivity index (χ2n) is 5.06. The summed E-state index contributed by atoms with van der Waals surface area (Å²) in [5.41, 5.74) is 1.27. The van der Waals surface area contributed by atoms with E-state index in [1.807, 2.05) is 0 Å². The highest BCUT2D eigenvalue weighted by Gasteiger charge is 2.40. The molecule has 1 N–H and O–H groups in total. The second-order valence-corrected chi connectivity index (χ2v) is 5.06. The molecule has 2 atom stereocenters. The van der Waals surface area contributed by atoms with Gasteiger partial charge in [0.25, 0.3) is 0 Å². The van der Waals surface area contributed by atoms with Crippen LogP contribution in [-0.4, -0.2) is 28.2 Å². The molecular formula is C12H21NO. The zero-order chi connectivity index (χ0) is 10.3. The first-order chi connectivity index (χ1) is 6.59. The smallest absolute Gasteiger partial charge is 0.0579 e. The van der Waals surface area contributed by atoms with Crippen LogP contribution in [0.25, 0.3) is 0 Å². The predicted octanol–water partition coefficient (Wildman–Crippen LogP) is 2.14. The van der Waals surface area contributed by atoms with E-state index in [2.05, 4.69) is 25.3 Å². The molecule has 0 aromatic carbocycles. The van der Waals surface area contributed by atoms with Gasteiger partial charge in [-0.2, -0.15) is 0 Å². The van der Waals surface area contributed by atoms with E-state index in [1.54, 1.807) is 0 Å². The molecule has 2 nitrogen and oxygen atoms in total. The van der Waals surface area contributed by atoms with Crippen molar-refractivity contribution in [3.63, 3.8) is 0 Å². The van der Waals surface area contributed by atoms with Gasteiger partial charge in [-0.05, 0) is 31.6 Å². The zero-order valence-corrected chi connectivity index (χ0v) is 9.24. The lowest BCUT2D eigenvalue weighted by molar-refractivity contribution is 0.0499. The van der Waals surface area contributed by atoms with E-state index in [4.69, 9.17) is 0 Å². The van der Waals surface area contributed by atoms with Gasteiger partial charge in [0.15, 0.2) is 0 Å². The van der Waals surface area contributed by atoms with Crippen LogP contribution < -0.4 is 0 Å². The van der Waals surface area contributed by atoms with Gasteiger partial charge >= 0.3 is 0 Å². The fourth-order valence-electron chi connectivity index (χ4n) is 2.92. The van der Waals surface area contributed by atoms with Gasteiger partial charge < -0.3 is 10.0 Å². The van der Waals surface area contributed by atoms with Gasteiger partial charge in [-0.3, -0.25) is 0 Å². The quantitative estimate of drug-likeness (QED) is 0.729. The number of piperidine rings is 1. The minimum atomic E-state index is -0.0660. The van der Waals surface area contributed by atoms with Crippen LogP contribution in [0.2, 0.25) is 0 Å². The maximum absolute atomic E-state index is 9.67. The summed E-state index contributed by atoms with van der Waals surface area (Å²) in [4.78, 5) is 2.48. The van der Waals surface area contributed by atoms with Gasteiger partial charge in [-0.25, -0.2) is 0 Å². The number of aliphatic hydroxyl groups excluding tert-OH is 1. The molecule has 0 saturated carbocycles. The predicted molar refractivity (Wildman–Crippen MR) is 57.9 cm³/mol. The summed E-state index contributed by atoms with van der Waals surface area (Å²) in [6.45, 7) is 8.59. The molecular weight excluding hydrogens is 174 g/mol. The molecule has 0 spiro atoms. The number of hydrogen-bond donors (Lipinski definition) is 1. The first-order valence-electron chi connectivity index (χ1n) is 5.74. The first-order valence-corrected chi connectivity index (χ1v) is 5.74. The third-order valence-corrected chi connectivity index (χ3v) is 3.71. The van der Waals surface area contributed by atoms with E-state index in [0.29, 0.717) is 18.0 Å². The number of rotatable bonds is 2. The molecule has 2 bridgehead atoms. The topological polar surface area (TPSA) is 23.5 Å². The third kappa shape index (κ3) is 1.56. The average Bonchev–Trinajstić information content (AvgIpc) is 2.37. The molecule has 2 fully saturated rings. The summed E-state index contributed by atoms with van der Waals surface area (Å²) in [5, 5.41) is 9.67. The van der Waals surface area contributed by atoms with Gasteiger partial charge in [-0.15, -0.1) is 0 Å². The van der Waals surface area contributed by atoms with Gasteiger partial charge in [-0.1, -0.05) is 20.4 Å². The summed E-state index contributed by atoms with van der Waals surface area (Å²) in [6, 6.07) is 1.14. The molecule has 0 radical (unpaired) electrons. The Morgan fingerprint density at radius 1 is 1.29 bits per heavy atom. The second kappa shape index (κ2) is 3.58. The SMILES string of the molecule is C=C(C(C)C)N1C2CCC1CC(O)C2. The van der Waals surface area contributed by atoms with Crippen molar-refractivity contribution in [2.75, 3.05) is 0 Å². The van der Waals surface area contributed by atoms with Gasteiger partial charge in [0, 0.05) is 17.8 Å². The summed E-state index contributed by atoms with van der Waals surface area (Å²) in [7, 11) is 0. The average molecular weight is 195 g/mol. The molecule has 2 unspecified atom stereocenters. The van der Waals surface area contributed by atoms with E-state index in [1.165, 1.54) is 18.5 Å². The Morgan fingerprint density at radius 2 is 1.79 bits per heavy atom. The summed E-state index contributed by atoms with van der Waals surface area (Å²) >= 11 is 0. The lowest BCUT2D eigenvalue weighted by Crippen LogP contribution is -2.44. The van der Waals surface area contributed by atoms with Gasteiger partial charge in [0.05, 0.1) is 6.10 Å². The maximum atomic E-state index is 9.67. The van der Waals surface area contributed by atoms with Crippen molar-refractivity contribution in [1.29, 1.82) is 0 Å². The Bertz CT molecular complexity index is 222. The molecule has 14 heavy (non-hydrogen) atoms. The number of fused-ring (bicyclic) bond motifs is 2. The molecule has 2 heteroatoms. The molecule has 80 valence electrons. The molecule has 0 amide bonds. The monoisotopic (exact) mass is 195 g/mol. The van der Waals surface area contributed by atoms with Crippen LogP contribution in [0.15, 0.2) is 12.3 Å². The molecule has 2 rings (SSSR count). The van der Waals surface area contributed by atoms with Crippen molar-refractivity contribution in [3.05, 3.63) is 12.3 Å². The van der Waals surface area contributed by atoms with Crippen LogP contribution in [0.5, 0.6) is 0 Å². The van der Waals surface area contributed by atoms with Crippen molar-refractivity contribution in [2.45, 2.75) is 57.7 Å². The third-order valence-electron chi connectivity index (χ3n) is 3.71. The standard InChI is InChI=1S/C12H21NO/c1-8(2)9(3)13-10-4-5-11(13)7-12(14)6-10/h8,10-12,14H,3-7H2,1-2H3. The molecule has 2 aliphatic rings. The van der Waals surface area contributed by atoms with E-state index >= 15 is 0 Å². The highest BCUT2D eigenvalue weighted by molar-refractivity contribution is 5.08. The van der Waals surface area contributed by atoms with E-state index < -0.39 is 0 Å². The Balaban J connectivity index is 2.11. The number of hydrogen-bond acceptors (Lipinski definition) is 2. The van der Waals surface area contributed by atoms with Crippen molar-refractivity contribution in [1.82, 2.24) is 4.90 Å².